The Bertz CT molecular complexity index is 303. The van der Waals surface area contributed by atoms with Crippen molar-refractivity contribution < 1.29 is 0 Å². The van der Waals surface area contributed by atoms with Crippen molar-refractivity contribution in [1.29, 1.82) is 0 Å². The van der Waals surface area contributed by atoms with Gasteiger partial charge in [0.15, 0.2) is 0 Å². The van der Waals surface area contributed by atoms with Gasteiger partial charge in [-0.15, -0.1) is 0 Å². The fraction of sp³-hybridized carbons (Fsp3) is 0. The van der Waals surface area contributed by atoms with Gasteiger partial charge in [-0.1, -0.05) is 6.07 Å². The molecular formula is C13H15N3. The monoisotopic (exact) mass is 213 g/mol. The highest BCUT2D eigenvalue weighted by molar-refractivity contribution is 4.88. The van der Waals surface area contributed by atoms with Crippen LogP contribution in [0.15, 0.2) is 79.6 Å². The summed E-state index contributed by atoms with van der Waals surface area (Å²) in [6.45, 7) is 0. The maximum absolute atomic E-state index is 3.78. The summed E-state index contributed by atoms with van der Waals surface area (Å²) in [6, 6.07) is 13.5. The van der Waals surface area contributed by atoms with E-state index in [9.17, 15) is 0 Å². The Labute approximate surface area is 95.2 Å². The summed E-state index contributed by atoms with van der Waals surface area (Å²) in [6.07, 6.45) is 11.0. The molecule has 0 bridgehead atoms. The first-order valence-electron chi connectivity index (χ1n) is 5.00. The zero-order valence-electron chi connectivity index (χ0n) is 8.95. The Morgan fingerprint density at radius 2 is 0.938 bits per heavy atom. The first-order valence-corrected chi connectivity index (χ1v) is 5.00. The first-order chi connectivity index (χ1) is 8.00. The van der Waals surface area contributed by atoms with Gasteiger partial charge in [-0.05, 0) is 36.4 Å². The minimum absolute atomic E-state index is 1.75. The van der Waals surface area contributed by atoms with E-state index in [4.69, 9.17) is 0 Å². The lowest BCUT2D eigenvalue weighted by Crippen LogP contribution is -1.58. The molecule has 3 rings (SSSR count). The Hall–Kier alpha value is -2.29. The largest absolute Gasteiger partial charge is 0.368 e. The molecule has 0 aliphatic rings. The molecule has 0 fully saturated rings. The standard InChI is InChI=1S/C5H5N.2C4H5N/c1-2-4-6-5-3-1;2*1-2-4-5-3-1/h1-5H;2*1-5H. The molecule has 3 heterocycles. The molecule has 3 nitrogen and oxygen atoms in total. The van der Waals surface area contributed by atoms with Crippen LogP contribution in [-0.2, 0) is 0 Å². The summed E-state index contributed by atoms with van der Waals surface area (Å²) in [5.74, 6) is 0. The third-order valence-electron chi connectivity index (χ3n) is 1.56. The quantitative estimate of drug-likeness (QED) is 0.592. The summed E-state index contributed by atoms with van der Waals surface area (Å²) in [4.78, 5) is 9.51. The molecule has 0 saturated heterocycles. The number of H-pyrrole nitrogens is 2. The van der Waals surface area contributed by atoms with Crippen LogP contribution in [0.2, 0.25) is 0 Å². The van der Waals surface area contributed by atoms with Gasteiger partial charge < -0.3 is 9.97 Å². The highest BCUT2D eigenvalue weighted by Gasteiger charge is 1.58. The van der Waals surface area contributed by atoms with Crippen LogP contribution in [-0.4, -0.2) is 15.0 Å². The average molecular weight is 213 g/mol. The van der Waals surface area contributed by atoms with Gasteiger partial charge in [-0.2, -0.15) is 0 Å². The predicted octanol–water partition coefficient (Wildman–Crippen LogP) is 3.11. The van der Waals surface area contributed by atoms with Crippen LogP contribution in [0.25, 0.3) is 0 Å². The van der Waals surface area contributed by atoms with Gasteiger partial charge in [0.25, 0.3) is 0 Å². The van der Waals surface area contributed by atoms with E-state index in [2.05, 4.69) is 15.0 Å². The normalized spacial score (nSPS) is 8.00. The molecule has 3 aromatic heterocycles. The van der Waals surface area contributed by atoms with Crippen LogP contribution in [0, 0.1) is 0 Å². The highest BCUT2D eigenvalue weighted by atomic mass is 14.6. The lowest BCUT2D eigenvalue weighted by molar-refractivity contribution is 1.33. The van der Waals surface area contributed by atoms with Crippen LogP contribution in [0.1, 0.15) is 0 Å². The summed E-state index contributed by atoms with van der Waals surface area (Å²) in [7, 11) is 0. The Kier molecular flexibility index (Phi) is 6.83. The van der Waals surface area contributed by atoms with E-state index in [0.717, 1.165) is 0 Å². The van der Waals surface area contributed by atoms with Gasteiger partial charge in [0.05, 0.1) is 0 Å². The van der Waals surface area contributed by atoms with Crippen molar-refractivity contribution in [3.05, 3.63) is 79.6 Å². The zero-order chi connectivity index (χ0) is 11.3. The van der Waals surface area contributed by atoms with Gasteiger partial charge in [0.2, 0.25) is 0 Å². The lowest BCUT2D eigenvalue weighted by atomic mass is 10.5. The number of pyridine rings is 1. The second-order valence-electron chi connectivity index (χ2n) is 2.79. The van der Waals surface area contributed by atoms with Crippen molar-refractivity contribution in [3.63, 3.8) is 0 Å². The van der Waals surface area contributed by atoms with Crippen LogP contribution in [0.3, 0.4) is 0 Å². The van der Waals surface area contributed by atoms with Crippen molar-refractivity contribution in [3.8, 4) is 0 Å². The molecule has 3 heteroatoms. The van der Waals surface area contributed by atoms with Gasteiger partial charge in [-0.25, -0.2) is 0 Å². The van der Waals surface area contributed by atoms with E-state index in [1.54, 1.807) is 12.4 Å². The van der Waals surface area contributed by atoms with Crippen molar-refractivity contribution >= 4 is 0 Å². The summed E-state index contributed by atoms with van der Waals surface area (Å²) in [5, 5.41) is 0. The van der Waals surface area contributed by atoms with Crippen molar-refractivity contribution in [2.45, 2.75) is 0 Å². The molecule has 2 N–H and O–H groups in total. The summed E-state index contributed by atoms with van der Waals surface area (Å²) < 4.78 is 0. The zero-order valence-corrected chi connectivity index (χ0v) is 8.95. The highest BCUT2D eigenvalue weighted by Crippen LogP contribution is 1.74. The Morgan fingerprint density at radius 3 is 1.06 bits per heavy atom. The summed E-state index contributed by atoms with van der Waals surface area (Å²) in [5.41, 5.74) is 0. The van der Waals surface area contributed by atoms with Crippen LogP contribution >= 0.6 is 0 Å². The molecule has 0 amide bonds. The molecule has 0 unspecified atom stereocenters. The number of rotatable bonds is 0. The number of hydrogen-bond donors (Lipinski definition) is 2. The van der Waals surface area contributed by atoms with E-state index in [1.165, 1.54) is 0 Å². The topological polar surface area (TPSA) is 44.5 Å². The van der Waals surface area contributed by atoms with Gasteiger partial charge in [0, 0.05) is 37.2 Å². The van der Waals surface area contributed by atoms with Crippen LogP contribution < -0.4 is 0 Å². The SMILES string of the molecule is c1cc[nH]c1.c1cc[nH]c1.c1ccncc1. The third-order valence-corrected chi connectivity index (χ3v) is 1.56. The number of nitrogens with zero attached hydrogens (tertiary/aromatic N) is 1. The molecule has 0 saturated carbocycles. The fourth-order valence-corrected chi connectivity index (χ4v) is 0.868. The Balaban J connectivity index is 0.000000121. The molecule has 16 heavy (non-hydrogen) atoms. The predicted molar refractivity (Wildman–Crippen MR) is 65.8 cm³/mol. The van der Waals surface area contributed by atoms with Gasteiger partial charge in [-0.3, -0.25) is 4.98 Å². The van der Waals surface area contributed by atoms with Crippen LogP contribution in [0.5, 0.6) is 0 Å². The lowest BCUT2D eigenvalue weighted by Gasteiger charge is -1.70. The molecule has 3 aromatic rings. The summed E-state index contributed by atoms with van der Waals surface area (Å²) >= 11 is 0. The number of aromatic amines is 2. The van der Waals surface area contributed by atoms with E-state index in [1.807, 2.05) is 67.3 Å². The molecule has 0 atom stereocenters. The molecule has 0 aliphatic heterocycles. The molecule has 82 valence electrons. The number of aromatic nitrogens is 3. The van der Waals surface area contributed by atoms with E-state index >= 15 is 0 Å². The molecule has 0 radical (unpaired) electrons. The second-order valence-corrected chi connectivity index (χ2v) is 2.79. The first kappa shape index (κ1) is 11.8. The molecule has 0 aromatic carbocycles. The van der Waals surface area contributed by atoms with Gasteiger partial charge >= 0.3 is 0 Å². The molecule has 0 aliphatic carbocycles. The number of hydrogen-bond acceptors (Lipinski definition) is 1. The minimum Gasteiger partial charge on any atom is -0.368 e. The smallest absolute Gasteiger partial charge is 0.0267 e. The molecular weight excluding hydrogens is 198 g/mol. The Morgan fingerprint density at radius 1 is 0.500 bits per heavy atom. The average Bonchev–Trinajstić information content (AvgIpc) is 3.10. The second kappa shape index (κ2) is 9.27. The maximum atomic E-state index is 3.78. The van der Waals surface area contributed by atoms with Crippen molar-refractivity contribution in [2.75, 3.05) is 0 Å². The van der Waals surface area contributed by atoms with E-state index in [0.29, 0.717) is 0 Å². The minimum atomic E-state index is 1.75. The number of nitrogens with one attached hydrogen (secondary N) is 2. The van der Waals surface area contributed by atoms with E-state index in [-0.39, 0.29) is 0 Å². The van der Waals surface area contributed by atoms with Crippen molar-refractivity contribution in [2.24, 2.45) is 0 Å². The van der Waals surface area contributed by atoms with Gasteiger partial charge in [0.1, 0.15) is 0 Å². The third kappa shape index (κ3) is 7.15. The van der Waals surface area contributed by atoms with Crippen LogP contribution in [0.4, 0.5) is 0 Å². The van der Waals surface area contributed by atoms with E-state index < -0.39 is 0 Å². The van der Waals surface area contributed by atoms with Crippen molar-refractivity contribution in [1.82, 2.24) is 15.0 Å². The fourth-order valence-electron chi connectivity index (χ4n) is 0.868. The molecule has 0 spiro atoms. The maximum Gasteiger partial charge on any atom is 0.0267 e.